The summed E-state index contributed by atoms with van der Waals surface area (Å²) in [4.78, 5) is 32.8. The van der Waals surface area contributed by atoms with Gasteiger partial charge >= 0.3 is 0 Å². The maximum Gasteiger partial charge on any atom is 0.232 e. The third-order valence-corrected chi connectivity index (χ3v) is 2.21. The summed E-state index contributed by atoms with van der Waals surface area (Å²) in [5.41, 5.74) is 0. The smallest absolute Gasteiger partial charge is 0.232 e. The molecule has 0 saturated carbocycles. The summed E-state index contributed by atoms with van der Waals surface area (Å²) in [6, 6.07) is 0. The van der Waals surface area contributed by atoms with Gasteiger partial charge in [0.2, 0.25) is 17.7 Å². The molecule has 1 rings (SSSR count). The molecule has 5 heteroatoms. The largest absolute Gasteiger partial charge is 0.359 e. The molecule has 5 nitrogen and oxygen atoms in total. The first kappa shape index (κ1) is 13.6. The predicted molar refractivity (Wildman–Crippen MR) is 55.9 cm³/mol. The predicted octanol–water partition coefficient (Wildman–Crippen LogP) is 0.154. The molecule has 0 aromatic rings. The van der Waals surface area contributed by atoms with Crippen LogP contribution in [0.5, 0.6) is 0 Å². The molecule has 0 aromatic carbocycles. The number of carbonyl (C=O) groups is 3. The first-order chi connectivity index (χ1) is 6.93. The Morgan fingerprint density at radius 2 is 2.07 bits per heavy atom. The summed E-state index contributed by atoms with van der Waals surface area (Å²) in [5, 5.41) is 2.48. The quantitative estimate of drug-likeness (QED) is 0.632. The first-order valence-electron chi connectivity index (χ1n) is 4.95. The Bertz CT molecular complexity index is 257. The fraction of sp³-hybridized carbons (Fsp3) is 0.700. The Hall–Kier alpha value is -1.39. The number of likely N-dealkylation sites (tertiary alicyclic amines) is 1. The molecule has 1 N–H and O–H groups in total. The zero-order valence-corrected chi connectivity index (χ0v) is 9.66. The second kappa shape index (κ2) is 6.16. The Labute approximate surface area is 89.8 Å². The number of nitrogens with one attached hydrogen (secondary N) is 1. The normalized spacial score (nSPS) is 19.7. The van der Waals surface area contributed by atoms with Crippen molar-refractivity contribution in [3.63, 3.8) is 0 Å². The van der Waals surface area contributed by atoms with E-state index in [1.807, 2.05) is 6.92 Å². The Balaban J connectivity index is 0.000000288. The van der Waals surface area contributed by atoms with Crippen LogP contribution in [0.15, 0.2) is 0 Å². The lowest BCUT2D eigenvalue weighted by Crippen LogP contribution is -2.24. The summed E-state index contributed by atoms with van der Waals surface area (Å²) in [7, 11) is 3.15. The van der Waals surface area contributed by atoms with Crippen molar-refractivity contribution in [2.45, 2.75) is 26.7 Å². The molecule has 0 aromatic heterocycles. The summed E-state index contributed by atoms with van der Waals surface area (Å²) >= 11 is 0. The lowest BCUT2D eigenvalue weighted by atomic mass is 10.1. The minimum atomic E-state index is -0.0949. The van der Waals surface area contributed by atoms with Gasteiger partial charge in [-0.15, -0.1) is 0 Å². The molecular weight excluding hydrogens is 196 g/mol. The first-order valence-corrected chi connectivity index (χ1v) is 4.95. The SMILES string of the molecule is CC1CC(=O)N(C)C1=O.CCC(=O)NC. The van der Waals surface area contributed by atoms with Gasteiger partial charge in [0.25, 0.3) is 0 Å². The molecule has 0 radical (unpaired) electrons. The summed E-state index contributed by atoms with van der Waals surface area (Å²) < 4.78 is 0. The number of rotatable bonds is 1. The van der Waals surface area contributed by atoms with Crippen LogP contribution in [0.1, 0.15) is 26.7 Å². The maximum atomic E-state index is 10.8. The third-order valence-electron chi connectivity index (χ3n) is 2.21. The van der Waals surface area contributed by atoms with Crippen molar-refractivity contribution in [1.29, 1.82) is 0 Å². The van der Waals surface area contributed by atoms with Gasteiger partial charge in [0.05, 0.1) is 0 Å². The molecule has 1 fully saturated rings. The molecule has 1 saturated heterocycles. The van der Waals surface area contributed by atoms with Gasteiger partial charge in [-0.05, 0) is 0 Å². The lowest BCUT2D eigenvalue weighted by molar-refractivity contribution is -0.137. The Kier molecular flexibility index (Phi) is 5.59. The number of hydrogen-bond acceptors (Lipinski definition) is 3. The van der Waals surface area contributed by atoms with Crippen molar-refractivity contribution < 1.29 is 14.4 Å². The average Bonchev–Trinajstić information content (AvgIpc) is 2.45. The van der Waals surface area contributed by atoms with Crippen molar-refractivity contribution in [1.82, 2.24) is 10.2 Å². The van der Waals surface area contributed by atoms with Gasteiger partial charge in [-0.3, -0.25) is 19.3 Å². The topological polar surface area (TPSA) is 66.5 Å². The molecular formula is C10H18N2O3. The van der Waals surface area contributed by atoms with E-state index in [4.69, 9.17) is 0 Å². The van der Waals surface area contributed by atoms with Gasteiger partial charge in [-0.2, -0.15) is 0 Å². The highest BCUT2D eigenvalue weighted by atomic mass is 16.2. The van der Waals surface area contributed by atoms with Gasteiger partial charge in [-0.1, -0.05) is 13.8 Å². The van der Waals surface area contributed by atoms with E-state index in [-0.39, 0.29) is 23.6 Å². The van der Waals surface area contributed by atoms with E-state index >= 15 is 0 Å². The van der Waals surface area contributed by atoms with Gasteiger partial charge in [0.15, 0.2) is 0 Å². The number of imide groups is 1. The van der Waals surface area contributed by atoms with Gasteiger partial charge in [0, 0.05) is 32.9 Å². The molecule has 0 spiro atoms. The molecule has 15 heavy (non-hydrogen) atoms. The van der Waals surface area contributed by atoms with E-state index in [0.29, 0.717) is 12.8 Å². The molecule has 1 unspecified atom stereocenters. The van der Waals surface area contributed by atoms with Crippen LogP contribution < -0.4 is 5.32 Å². The van der Waals surface area contributed by atoms with Crippen LogP contribution in [0.4, 0.5) is 0 Å². The molecule has 3 amide bonds. The zero-order chi connectivity index (χ0) is 12.0. The van der Waals surface area contributed by atoms with E-state index in [1.165, 1.54) is 11.9 Å². The maximum absolute atomic E-state index is 10.8. The fourth-order valence-corrected chi connectivity index (χ4v) is 1.12. The monoisotopic (exact) mass is 214 g/mol. The van der Waals surface area contributed by atoms with Crippen LogP contribution in [0, 0.1) is 5.92 Å². The van der Waals surface area contributed by atoms with Crippen LogP contribution >= 0.6 is 0 Å². The molecule has 0 aliphatic carbocycles. The van der Waals surface area contributed by atoms with Crippen molar-refractivity contribution in [2.24, 2.45) is 5.92 Å². The second-order valence-electron chi connectivity index (χ2n) is 3.42. The lowest BCUT2D eigenvalue weighted by Gasteiger charge is -2.03. The molecule has 0 bridgehead atoms. The number of amides is 3. The number of hydrogen-bond donors (Lipinski definition) is 1. The van der Waals surface area contributed by atoms with Crippen molar-refractivity contribution in [3.8, 4) is 0 Å². The minimum absolute atomic E-state index is 0.0556. The van der Waals surface area contributed by atoms with Gasteiger partial charge in [-0.25, -0.2) is 0 Å². The molecule has 86 valence electrons. The fourth-order valence-electron chi connectivity index (χ4n) is 1.12. The van der Waals surface area contributed by atoms with E-state index in [1.54, 1.807) is 14.0 Å². The average molecular weight is 214 g/mol. The van der Waals surface area contributed by atoms with Crippen LogP contribution in [-0.4, -0.2) is 36.7 Å². The van der Waals surface area contributed by atoms with Crippen LogP contribution in [0.2, 0.25) is 0 Å². The van der Waals surface area contributed by atoms with Crippen LogP contribution in [0.3, 0.4) is 0 Å². The van der Waals surface area contributed by atoms with E-state index in [9.17, 15) is 14.4 Å². The van der Waals surface area contributed by atoms with E-state index < -0.39 is 0 Å². The van der Waals surface area contributed by atoms with Crippen molar-refractivity contribution in [3.05, 3.63) is 0 Å². The number of nitrogens with zero attached hydrogens (tertiary/aromatic N) is 1. The highest BCUT2D eigenvalue weighted by Crippen LogP contribution is 2.15. The van der Waals surface area contributed by atoms with Crippen LogP contribution in [-0.2, 0) is 14.4 Å². The van der Waals surface area contributed by atoms with Gasteiger partial charge < -0.3 is 5.32 Å². The van der Waals surface area contributed by atoms with Crippen molar-refractivity contribution >= 4 is 17.7 Å². The highest BCUT2D eigenvalue weighted by Gasteiger charge is 2.32. The number of carbonyl (C=O) groups excluding carboxylic acids is 3. The van der Waals surface area contributed by atoms with Crippen molar-refractivity contribution in [2.75, 3.05) is 14.1 Å². The summed E-state index contributed by atoms with van der Waals surface area (Å²) in [6.07, 6.45) is 0.964. The summed E-state index contributed by atoms with van der Waals surface area (Å²) in [6.45, 7) is 3.59. The Morgan fingerprint density at radius 3 is 2.13 bits per heavy atom. The Morgan fingerprint density at radius 1 is 1.53 bits per heavy atom. The van der Waals surface area contributed by atoms with E-state index in [2.05, 4.69) is 5.32 Å². The van der Waals surface area contributed by atoms with E-state index in [0.717, 1.165) is 0 Å². The molecule has 1 atom stereocenters. The minimum Gasteiger partial charge on any atom is -0.359 e. The van der Waals surface area contributed by atoms with Gasteiger partial charge in [0.1, 0.15) is 0 Å². The van der Waals surface area contributed by atoms with Crippen LogP contribution in [0.25, 0.3) is 0 Å². The molecule has 1 heterocycles. The third kappa shape index (κ3) is 4.10. The second-order valence-corrected chi connectivity index (χ2v) is 3.42. The molecule has 1 aliphatic heterocycles. The molecule has 1 aliphatic rings. The summed E-state index contributed by atoms with van der Waals surface area (Å²) in [5.74, 6) is -0.120. The standard InChI is InChI=1S/C6H9NO2.C4H9NO/c1-4-3-5(8)7(2)6(4)9;1-3-4(6)5-2/h4H,3H2,1-2H3;3H2,1-2H3,(H,5,6). The zero-order valence-electron chi connectivity index (χ0n) is 9.66. The highest BCUT2D eigenvalue weighted by molar-refractivity contribution is 6.02.